The molecule has 1 amide bonds. The van der Waals surface area contributed by atoms with Gasteiger partial charge in [-0.15, -0.1) is 0 Å². The van der Waals surface area contributed by atoms with Gasteiger partial charge in [0.15, 0.2) is 0 Å². The second kappa shape index (κ2) is 40.2. The largest absolute Gasteiger partial charge is 0.480 e. The number of carbonyl (C=O) groups excluding carboxylic acids is 2. The summed E-state index contributed by atoms with van der Waals surface area (Å²) in [5.74, 6) is -1.25. The molecule has 0 saturated heterocycles. The van der Waals surface area contributed by atoms with Crippen molar-refractivity contribution in [2.45, 2.75) is 258 Å². The molecule has 296 valence electrons. The van der Waals surface area contributed by atoms with Crippen LogP contribution in [0.15, 0.2) is 0 Å². The molecule has 0 rings (SSSR count). The monoisotopic (exact) mass is 708 g/mol. The van der Waals surface area contributed by atoms with Gasteiger partial charge in [0.05, 0.1) is 0 Å². The Morgan fingerprint density at radius 2 is 0.740 bits per heavy atom. The number of rotatable bonds is 41. The number of hydrogen-bond donors (Lipinski definition) is 2. The number of ether oxygens (including phenoxy) is 1. The lowest BCUT2D eigenvalue weighted by atomic mass is 10.0. The van der Waals surface area contributed by atoms with Gasteiger partial charge < -0.3 is 15.2 Å². The number of carbonyl (C=O) groups is 3. The maximum absolute atomic E-state index is 12.7. The Kier molecular flexibility index (Phi) is 38.9. The molecule has 0 aromatic heterocycles. The quantitative estimate of drug-likeness (QED) is 0.0487. The van der Waals surface area contributed by atoms with Crippen molar-refractivity contribution < 1.29 is 24.2 Å². The van der Waals surface area contributed by atoms with Gasteiger partial charge >= 0.3 is 11.9 Å². The Morgan fingerprint density at radius 1 is 0.440 bits per heavy atom. The van der Waals surface area contributed by atoms with E-state index in [2.05, 4.69) is 19.2 Å². The normalized spacial score (nSPS) is 11.9. The third-order valence-electron chi connectivity index (χ3n) is 10.3. The molecule has 2 N–H and O–H groups in total. The smallest absolute Gasteiger partial charge is 0.322 e. The first kappa shape index (κ1) is 48.4. The van der Waals surface area contributed by atoms with E-state index in [1.54, 1.807) is 0 Å². The predicted octanol–water partition coefficient (Wildman–Crippen LogP) is 13.6. The zero-order chi connectivity index (χ0) is 36.6. The Morgan fingerprint density at radius 3 is 1.08 bits per heavy atom. The number of aliphatic carboxylic acids is 1. The molecular weight excluding hydrogens is 622 g/mol. The van der Waals surface area contributed by atoms with Crippen molar-refractivity contribution in [1.82, 2.24) is 5.32 Å². The van der Waals surface area contributed by atoms with Crippen LogP contribution in [-0.4, -0.2) is 35.6 Å². The van der Waals surface area contributed by atoms with E-state index in [1.165, 1.54) is 167 Å². The Balaban J connectivity index is 3.76. The van der Waals surface area contributed by atoms with Crippen LogP contribution < -0.4 is 5.32 Å². The minimum absolute atomic E-state index is 0.0112. The summed E-state index contributed by atoms with van der Waals surface area (Å²) in [4.78, 5) is 34.9. The molecule has 0 aromatic carbocycles. The van der Waals surface area contributed by atoms with Gasteiger partial charge in [0, 0.05) is 12.8 Å². The average Bonchev–Trinajstić information content (AvgIpc) is 3.10. The van der Waals surface area contributed by atoms with Crippen LogP contribution in [0, 0.1) is 0 Å². The van der Waals surface area contributed by atoms with E-state index >= 15 is 0 Å². The number of carboxylic acid groups (broad SMARTS) is 1. The number of carboxylic acids is 1. The molecule has 6 heteroatoms. The molecule has 6 nitrogen and oxygen atoms in total. The highest BCUT2D eigenvalue weighted by Gasteiger charge is 2.14. The fourth-order valence-electron chi connectivity index (χ4n) is 6.99. The highest BCUT2D eigenvalue weighted by molar-refractivity contribution is 5.80. The first-order valence-electron chi connectivity index (χ1n) is 22.2. The molecule has 1 unspecified atom stereocenters. The fourth-order valence-corrected chi connectivity index (χ4v) is 6.99. The van der Waals surface area contributed by atoms with Gasteiger partial charge in [-0.2, -0.15) is 0 Å². The summed E-state index contributed by atoms with van der Waals surface area (Å²) >= 11 is 0. The number of hydrogen-bond acceptors (Lipinski definition) is 4. The van der Waals surface area contributed by atoms with Crippen molar-refractivity contribution in [2.24, 2.45) is 0 Å². The Hall–Kier alpha value is -1.59. The van der Waals surface area contributed by atoms with E-state index in [0.717, 1.165) is 57.8 Å². The van der Waals surface area contributed by atoms with Crippen molar-refractivity contribution in [1.29, 1.82) is 0 Å². The lowest BCUT2D eigenvalue weighted by molar-refractivity contribution is -0.150. The molecule has 0 bridgehead atoms. The van der Waals surface area contributed by atoms with Crippen molar-refractivity contribution >= 4 is 17.8 Å². The summed E-state index contributed by atoms with van der Waals surface area (Å²) in [6.07, 6.45) is 45.4. The molecule has 1 atom stereocenters. The lowest BCUT2D eigenvalue weighted by Crippen LogP contribution is -2.28. The highest BCUT2D eigenvalue weighted by Crippen LogP contribution is 2.19. The molecule has 0 aliphatic heterocycles. The molecule has 0 heterocycles. The number of amides is 1. The van der Waals surface area contributed by atoms with Crippen molar-refractivity contribution in [3.05, 3.63) is 0 Å². The third-order valence-corrected chi connectivity index (χ3v) is 10.3. The topological polar surface area (TPSA) is 92.7 Å². The van der Waals surface area contributed by atoms with E-state index in [0.29, 0.717) is 12.8 Å². The molecule has 0 aliphatic carbocycles. The second-order valence-corrected chi connectivity index (χ2v) is 15.3. The molecular formula is C44H85NO5. The zero-order valence-corrected chi connectivity index (χ0v) is 33.5. The summed E-state index contributed by atoms with van der Waals surface area (Å²) < 4.78 is 5.97. The van der Waals surface area contributed by atoms with Crippen molar-refractivity contribution in [3.63, 3.8) is 0 Å². The van der Waals surface area contributed by atoms with Crippen LogP contribution in [-0.2, 0) is 19.1 Å². The molecule has 50 heavy (non-hydrogen) atoms. The summed E-state index contributed by atoms with van der Waals surface area (Å²) in [6.45, 7) is 4.21. The van der Waals surface area contributed by atoms with Gasteiger partial charge in [-0.05, 0) is 38.5 Å². The van der Waals surface area contributed by atoms with Crippen LogP contribution in [0.5, 0.6) is 0 Å². The number of nitrogens with one attached hydrogen (secondary N) is 1. The summed E-state index contributed by atoms with van der Waals surface area (Å²) in [5.41, 5.74) is 0. The minimum atomic E-state index is -1.02. The van der Waals surface area contributed by atoms with Crippen LogP contribution in [0.1, 0.15) is 251 Å². The summed E-state index contributed by atoms with van der Waals surface area (Å²) in [5, 5.41) is 11.1. The van der Waals surface area contributed by atoms with Crippen LogP contribution in [0.4, 0.5) is 0 Å². The average molecular weight is 708 g/mol. The van der Waals surface area contributed by atoms with Crippen molar-refractivity contribution in [3.8, 4) is 0 Å². The van der Waals surface area contributed by atoms with Crippen molar-refractivity contribution in [2.75, 3.05) is 6.54 Å². The second-order valence-electron chi connectivity index (χ2n) is 15.3. The molecule has 0 aromatic rings. The van der Waals surface area contributed by atoms with E-state index < -0.39 is 5.97 Å². The minimum Gasteiger partial charge on any atom is -0.480 e. The fraction of sp³-hybridized carbons (Fsp3) is 0.932. The maximum atomic E-state index is 12.7. The SMILES string of the molecule is CCCCCCCCCCCCCCCCCCCCCCCCCC(=O)OC(CCCCCCCC)CCCCCCC(=O)NCC(=O)O. The van der Waals surface area contributed by atoms with Gasteiger partial charge in [-0.25, -0.2) is 0 Å². The van der Waals surface area contributed by atoms with Gasteiger partial charge in [-0.1, -0.05) is 200 Å². The standard InChI is InChI=1S/C44H85NO5/c1-3-5-7-9-11-12-13-14-15-16-17-18-19-20-21-22-23-24-25-26-27-29-35-39-44(49)50-41(36-32-28-10-8-6-4-2)37-33-30-31-34-38-42(46)45-40-43(47)48/h41H,3-40H2,1-2H3,(H,45,46)(H,47,48). The van der Waals surface area contributed by atoms with E-state index in [-0.39, 0.29) is 24.5 Å². The molecule has 0 radical (unpaired) electrons. The van der Waals surface area contributed by atoms with Gasteiger partial charge in [0.25, 0.3) is 0 Å². The van der Waals surface area contributed by atoms with E-state index in [4.69, 9.17) is 9.84 Å². The van der Waals surface area contributed by atoms with Gasteiger partial charge in [0.2, 0.25) is 5.91 Å². The molecule has 0 spiro atoms. The third kappa shape index (κ3) is 39.2. The summed E-state index contributed by atoms with van der Waals surface area (Å²) in [6, 6.07) is 0. The summed E-state index contributed by atoms with van der Waals surface area (Å²) in [7, 11) is 0. The van der Waals surface area contributed by atoms with E-state index in [9.17, 15) is 14.4 Å². The molecule has 0 saturated carbocycles. The number of unbranched alkanes of at least 4 members (excludes halogenated alkanes) is 30. The zero-order valence-electron chi connectivity index (χ0n) is 33.5. The van der Waals surface area contributed by atoms with Gasteiger partial charge in [-0.3, -0.25) is 14.4 Å². The number of esters is 1. The van der Waals surface area contributed by atoms with Crippen LogP contribution in [0.3, 0.4) is 0 Å². The highest BCUT2D eigenvalue weighted by atomic mass is 16.5. The van der Waals surface area contributed by atoms with E-state index in [1.807, 2.05) is 0 Å². The Labute approximate surface area is 310 Å². The predicted molar refractivity (Wildman–Crippen MR) is 213 cm³/mol. The molecule has 0 aliphatic rings. The van der Waals surface area contributed by atoms with Crippen LogP contribution >= 0.6 is 0 Å². The maximum Gasteiger partial charge on any atom is 0.322 e. The van der Waals surface area contributed by atoms with Crippen LogP contribution in [0.25, 0.3) is 0 Å². The van der Waals surface area contributed by atoms with Gasteiger partial charge in [0.1, 0.15) is 12.6 Å². The lowest BCUT2D eigenvalue weighted by Gasteiger charge is -2.18. The Bertz CT molecular complexity index is 742. The molecule has 0 fully saturated rings. The first-order valence-corrected chi connectivity index (χ1v) is 22.2. The van der Waals surface area contributed by atoms with Crippen LogP contribution in [0.2, 0.25) is 0 Å². The first-order chi connectivity index (χ1) is 24.5.